The summed E-state index contributed by atoms with van der Waals surface area (Å²) in [5.41, 5.74) is 1.17. The molecule has 118 valence electrons. The van der Waals surface area contributed by atoms with Crippen molar-refractivity contribution in [2.75, 3.05) is 20.2 Å². The lowest BCUT2D eigenvalue weighted by Gasteiger charge is -2.15. The molecule has 2 aromatic heterocycles. The minimum absolute atomic E-state index is 0.0561. The molecule has 2 aromatic rings. The lowest BCUT2D eigenvalue weighted by Crippen LogP contribution is -2.29. The van der Waals surface area contributed by atoms with Crippen LogP contribution in [0.4, 0.5) is 0 Å². The number of aromatic nitrogens is 3. The van der Waals surface area contributed by atoms with Crippen LogP contribution in [0, 0.1) is 13.8 Å². The summed E-state index contributed by atoms with van der Waals surface area (Å²) in [6.07, 6.45) is 0.807. The molecule has 1 aliphatic rings. The summed E-state index contributed by atoms with van der Waals surface area (Å²) >= 11 is 0. The van der Waals surface area contributed by atoms with Crippen LogP contribution >= 0.6 is 0 Å². The van der Waals surface area contributed by atoms with Crippen molar-refractivity contribution >= 4 is 5.91 Å². The number of amides is 1. The van der Waals surface area contributed by atoms with Gasteiger partial charge in [0.25, 0.3) is 11.8 Å². The predicted octanol–water partition coefficient (Wildman–Crippen LogP) is 1.45. The molecule has 8 nitrogen and oxygen atoms in total. The molecule has 1 aliphatic heterocycles. The zero-order valence-corrected chi connectivity index (χ0v) is 12.8. The highest BCUT2D eigenvalue weighted by atomic mass is 16.5. The smallest absolute Gasteiger partial charge is 0.259 e. The van der Waals surface area contributed by atoms with Crippen LogP contribution < -0.4 is 0 Å². The van der Waals surface area contributed by atoms with E-state index in [1.807, 2.05) is 0 Å². The van der Waals surface area contributed by atoms with Gasteiger partial charge in [0.1, 0.15) is 17.9 Å². The molecule has 0 N–H and O–H groups in total. The minimum atomic E-state index is -0.0561. The van der Waals surface area contributed by atoms with Gasteiger partial charge in [0.2, 0.25) is 0 Å². The van der Waals surface area contributed by atoms with Crippen molar-refractivity contribution in [3.05, 3.63) is 28.7 Å². The first kappa shape index (κ1) is 14.7. The van der Waals surface area contributed by atoms with E-state index < -0.39 is 0 Å². The Balaban J connectivity index is 1.70. The minimum Gasteiger partial charge on any atom is -0.375 e. The van der Waals surface area contributed by atoms with Crippen LogP contribution in [0.2, 0.25) is 0 Å². The summed E-state index contributed by atoms with van der Waals surface area (Å²) in [5, 5.41) is 7.81. The monoisotopic (exact) mass is 306 g/mol. The molecular weight excluding hydrogens is 288 g/mol. The first-order chi connectivity index (χ1) is 10.6. The molecule has 3 rings (SSSR count). The van der Waals surface area contributed by atoms with Crippen LogP contribution in [0.25, 0.3) is 0 Å². The van der Waals surface area contributed by atoms with Gasteiger partial charge in [-0.05, 0) is 20.3 Å². The Bertz CT molecular complexity index is 659. The molecule has 0 saturated carbocycles. The zero-order valence-electron chi connectivity index (χ0n) is 12.8. The Morgan fingerprint density at radius 3 is 2.86 bits per heavy atom. The third kappa shape index (κ3) is 2.61. The van der Waals surface area contributed by atoms with Gasteiger partial charge in [-0.2, -0.15) is 4.98 Å². The number of nitrogens with zero attached hydrogens (tertiary/aromatic N) is 4. The number of carbonyl (C=O) groups is 1. The van der Waals surface area contributed by atoms with Crippen LogP contribution in [-0.4, -0.2) is 46.3 Å². The van der Waals surface area contributed by atoms with Crippen molar-refractivity contribution in [1.29, 1.82) is 0 Å². The highest BCUT2D eigenvalue weighted by molar-refractivity contribution is 5.96. The molecule has 1 fully saturated rings. The number of ether oxygens (including phenoxy) is 1. The average molecular weight is 306 g/mol. The van der Waals surface area contributed by atoms with Crippen LogP contribution in [0.5, 0.6) is 0 Å². The molecule has 0 aliphatic carbocycles. The van der Waals surface area contributed by atoms with Gasteiger partial charge in [0.15, 0.2) is 5.82 Å². The van der Waals surface area contributed by atoms with Gasteiger partial charge in [0.05, 0.1) is 5.69 Å². The van der Waals surface area contributed by atoms with Gasteiger partial charge in [-0.25, -0.2) is 0 Å². The van der Waals surface area contributed by atoms with Crippen molar-refractivity contribution in [3.8, 4) is 0 Å². The fraction of sp³-hybridized carbons (Fsp3) is 0.571. The molecule has 1 saturated heterocycles. The Morgan fingerprint density at radius 2 is 2.18 bits per heavy atom. The maximum atomic E-state index is 12.6. The van der Waals surface area contributed by atoms with Gasteiger partial charge < -0.3 is 18.7 Å². The second-order valence-electron chi connectivity index (χ2n) is 5.42. The lowest BCUT2D eigenvalue weighted by atomic mass is 10.1. The summed E-state index contributed by atoms with van der Waals surface area (Å²) in [5.74, 6) is 1.65. The largest absolute Gasteiger partial charge is 0.375 e. The molecule has 1 amide bonds. The van der Waals surface area contributed by atoms with Gasteiger partial charge >= 0.3 is 0 Å². The third-order valence-corrected chi connectivity index (χ3v) is 3.84. The molecule has 3 heterocycles. The fourth-order valence-electron chi connectivity index (χ4n) is 2.72. The number of aryl methyl sites for hydroxylation is 2. The van der Waals surface area contributed by atoms with E-state index in [-0.39, 0.29) is 11.8 Å². The van der Waals surface area contributed by atoms with E-state index in [4.69, 9.17) is 13.8 Å². The molecule has 1 unspecified atom stereocenters. The quantitative estimate of drug-likeness (QED) is 0.843. The molecular formula is C14H18N4O4. The van der Waals surface area contributed by atoms with E-state index >= 15 is 0 Å². The summed E-state index contributed by atoms with van der Waals surface area (Å²) in [6, 6.07) is 0. The standard InChI is InChI=1S/C14H18N4O4/c1-8-12(9(2)21-16-8)14(19)18-5-4-10(6-18)13-15-11(7-20-3)22-17-13/h10H,4-7H2,1-3H3. The normalized spacial score (nSPS) is 18.1. The number of hydrogen-bond donors (Lipinski definition) is 0. The molecule has 1 atom stereocenters. The number of likely N-dealkylation sites (tertiary alicyclic amines) is 1. The summed E-state index contributed by atoms with van der Waals surface area (Å²) in [7, 11) is 1.57. The highest BCUT2D eigenvalue weighted by Gasteiger charge is 2.33. The van der Waals surface area contributed by atoms with E-state index in [2.05, 4.69) is 15.3 Å². The first-order valence-electron chi connectivity index (χ1n) is 7.13. The van der Waals surface area contributed by atoms with Crippen LogP contribution in [0.3, 0.4) is 0 Å². The average Bonchev–Trinajstić information content (AvgIpc) is 3.19. The molecule has 8 heteroatoms. The van der Waals surface area contributed by atoms with Crippen LogP contribution in [0.1, 0.15) is 45.9 Å². The highest BCUT2D eigenvalue weighted by Crippen LogP contribution is 2.27. The van der Waals surface area contributed by atoms with Gasteiger partial charge in [-0.3, -0.25) is 4.79 Å². The Kier molecular flexibility index (Phi) is 3.93. The van der Waals surface area contributed by atoms with Crippen LogP contribution in [-0.2, 0) is 11.3 Å². The Hall–Kier alpha value is -2.22. The van der Waals surface area contributed by atoms with Gasteiger partial charge in [-0.1, -0.05) is 10.3 Å². The predicted molar refractivity (Wildman–Crippen MR) is 74.2 cm³/mol. The van der Waals surface area contributed by atoms with Crippen molar-refractivity contribution in [2.45, 2.75) is 32.8 Å². The Labute approximate surface area is 127 Å². The van der Waals surface area contributed by atoms with Gasteiger partial charge in [0, 0.05) is 26.1 Å². The van der Waals surface area contributed by atoms with E-state index in [0.29, 0.717) is 48.4 Å². The molecule has 22 heavy (non-hydrogen) atoms. The SMILES string of the molecule is COCc1nc(C2CCN(C(=O)c3c(C)noc3C)C2)no1. The van der Waals surface area contributed by atoms with E-state index in [1.54, 1.807) is 25.9 Å². The fourth-order valence-corrected chi connectivity index (χ4v) is 2.72. The van der Waals surface area contributed by atoms with E-state index in [1.165, 1.54) is 0 Å². The second kappa shape index (κ2) is 5.88. The van der Waals surface area contributed by atoms with Gasteiger partial charge in [-0.15, -0.1) is 0 Å². The van der Waals surface area contributed by atoms with E-state index in [0.717, 1.165) is 6.42 Å². The number of rotatable bonds is 4. The molecule has 0 aromatic carbocycles. The van der Waals surface area contributed by atoms with E-state index in [9.17, 15) is 4.79 Å². The van der Waals surface area contributed by atoms with Crippen molar-refractivity contribution in [3.63, 3.8) is 0 Å². The first-order valence-corrected chi connectivity index (χ1v) is 7.13. The van der Waals surface area contributed by atoms with Crippen molar-refractivity contribution < 1.29 is 18.6 Å². The molecule has 0 radical (unpaired) electrons. The Morgan fingerprint density at radius 1 is 1.36 bits per heavy atom. The summed E-state index contributed by atoms with van der Waals surface area (Å²) in [6.45, 7) is 5.03. The summed E-state index contributed by atoms with van der Waals surface area (Å²) < 4.78 is 15.1. The maximum Gasteiger partial charge on any atom is 0.259 e. The summed E-state index contributed by atoms with van der Waals surface area (Å²) in [4.78, 5) is 18.7. The van der Waals surface area contributed by atoms with Crippen molar-refractivity contribution in [1.82, 2.24) is 20.2 Å². The zero-order chi connectivity index (χ0) is 15.7. The number of carbonyl (C=O) groups excluding carboxylic acids is 1. The van der Waals surface area contributed by atoms with Crippen molar-refractivity contribution in [2.24, 2.45) is 0 Å². The second-order valence-corrected chi connectivity index (χ2v) is 5.42. The lowest BCUT2D eigenvalue weighted by molar-refractivity contribution is 0.0788. The number of hydrogen-bond acceptors (Lipinski definition) is 7. The van der Waals surface area contributed by atoms with Crippen LogP contribution in [0.15, 0.2) is 9.05 Å². The topological polar surface area (TPSA) is 94.5 Å². The maximum absolute atomic E-state index is 12.6. The molecule has 0 spiro atoms. The number of methoxy groups -OCH3 is 1. The molecule has 0 bridgehead atoms. The third-order valence-electron chi connectivity index (χ3n) is 3.84.